The zero-order valence-electron chi connectivity index (χ0n) is 19.2. The minimum Gasteiger partial charge on any atom is -0.384 e. The van der Waals surface area contributed by atoms with Crippen molar-refractivity contribution in [3.8, 4) is 11.1 Å². The SMILES string of the molecule is N=C(N)c1c(F)cc(CNC(=O)c2ccc3c(c2)C2c4cc(-c5ccc(F)cc5F)ccc4[C@@H]32)cc1F. The van der Waals surface area contributed by atoms with Gasteiger partial charge in [-0.3, -0.25) is 10.2 Å². The molecule has 2 atom stereocenters. The minimum absolute atomic E-state index is 0.0866. The van der Waals surface area contributed by atoms with E-state index in [-0.39, 0.29) is 23.9 Å². The van der Waals surface area contributed by atoms with Crippen LogP contribution in [0.25, 0.3) is 11.1 Å². The first-order valence-electron chi connectivity index (χ1n) is 11.6. The van der Waals surface area contributed by atoms with Crippen LogP contribution in [0.1, 0.15) is 55.6 Å². The summed E-state index contributed by atoms with van der Waals surface area (Å²) in [6.07, 6.45) is 0. The highest BCUT2D eigenvalue weighted by molar-refractivity contribution is 5.96. The predicted molar refractivity (Wildman–Crippen MR) is 130 cm³/mol. The predicted octanol–water partition coefficient (Wildman–Crippen LogP) is 5.71. The Kier molecular flexibility index (Phi) is 5.15. The van der Waals surface area contributed by atoms with Crippen molar-refractivity contribution in [2.24, 2.45) is 5.73 Å². The van der Waals surface area contributed by atoms with Crippen LogP contribution >= 0.6 is 0 Å². The maximum absolute atomic E-state index is 14.3. The monoisotopic (exact) mass is 501 g/mol. The number of carbonyl (C=O) groups is 1. The zero-order chi connectivity index (χ0) is 26.0. The van der Waals surface area contributed by atoms with Crippen molar-refractivity contribution in [1.29, 1.82) is 5.41 Å². The van der Waals surface area contributed by atoms with E-state index in [4.69, 9.17) is 11.1 Å². The number of hydrogen-bond acceptors (Lipinski definition) is 2. The molecule has 0 saturated heterocycles. The van der Waals surface area contributed by atoms with Crippen molar-refractivity contribution in [3.63, 3.8) is 0 Å². The highest BCUT2D eigenvalue weighted by Gasteiger charge is 2.49. The highest BCUT2D eigenvalue weighted by atomic mass is 19.1. The highest BCUT2D eigenvalue weighted by Crippen LogP contribution is 2.63. The first kappa shape index (κ1) is 23.0. The fourth-order valence-electron chi connectivity index (χ4n) is 5.42. The number of amidine groups is 1. The van der Waals surface area contributed by atoms with Crippen LogP contribution in [0.3, 0.4) is 0 Å². The molecule has 2 aliphatic carbocycles. The van der Waals surface area contributed by atoms with Gasteiger partial charge < -0.3 is 11.1 Å². The fourth-order valence-corrected chi connectivity index (χ4v) is 5.42. The lowest BCUT2D eigenvalue weighted by Gasteiger charge is -2.50. The lowest BCUT2D eigenvalue weighted by atomic mass is 9.52. The van der Waals surface area contributed by atoms with E-state index < -0.39 is 40.6 Å². The molecule has 0 saturated carbocycles. The average Bonchev–Trinajstić information content (AvgIpc) is 2.82. The Morgan fingerprint density at radius 2 is 1.43 bits per heavy atom. The quantitative estimate of drug-likeness (QED) is 0.186. The molecule has 6 rings (SSSR count). The smallest absolute Gasteiger partial charge is 0.251 e. The number of halogens is 4. The van der Waals surface area contributed by atoms with E-state index in [1.807, 2.05) is 24.3 Å². The van der Waals surface area contributed by atoms with Gasteiger partial charge in [0.1, 0.15) is 29.1 Å². The van der Waals surface area contributed by atoms with Gasteiger partial charge >= 0.3 is 0 Å². The Hall–Kier alpha value is -4.46. The van der Waals surface area contributed by atoms with Gasteiger partial charge in [0.2, 0.25) is 0 Å². The van der Waals surface area contributed by atoms with Crippen LogP contribution in [0, 0.1) is 28.7 Å². The van der Waals surface area contributed by atoms with Gasteiger partial charge in [0, 0.05) is 35.6 Å². The van der Waals surface area contributed by atoms with Gasteiger partial charge in [-0.15, -0.1) is 0 Å². The molecule has 8 heteroatoms. The second kappa shape index (κ2) is 8.30. The van der Waals surface area contributed by atoms with E-state index in [1.54, 1.807) is 12.1 Å². The molecule has 4 aromatic rings. The minimum atomic E-state index is -0.965. The van der Waals surface area contributed by atoms with Crippen molar-refractivity contribution in [2.75, 3.05) is 0 Å². The molecule has 0 bridgehead atoms. The van der Waals surface area contributed by atoms with Gasteiger partial charge in [-0.2, -0.15) is 0 Å². The first-order valence-corrected chi connectivity index (χ1v) is 11.6. The zero-order valence-corrected chi connectivity index (χ0v) is 19.2. The summed E-state index contributed by atoms with van der Waals surface area (Å²) in [4.78, 5) is 12.8. The summed E-state index contributed by atoms with van der Waals surface area (Å²) in [5, 5.41) is 9.93. The van der Waals surface area contributed by atoms with E-state index in [1.165, 1.54) is 12.1 Å². The van der Waals surface area contributed by atoms with Crippen molar-refractivity contribution < 1.29 is 22.4 Å². The molecule has 0 aliphatic heterocycles. The van der Waals surface area contributed by atoms with Gasteiger partial charge in [-0.1, -0.05) is 24.3 Å². The van der Waals surface area contributed by atoms with Crippen LogP contribution in [0.4, 0.5) is 17.6 Å². The van der Waals surface area contributed by atoms with Crippen LogP contribution in [-0.2, 0) is 6.54 Å². The van der Waals surface area contributed by atoms with Gasteiger partial charge in [0.25, 0.3) is 5.91 Å². The Morgan fingerprint density at radius 3 is 2.11 bits per heavy atom. The lowest BCUT2D eigenvalue weighted by molar-refractivity contribution is 0.0950. The van der Waals surface area contributed by atoms with Gasteiger partial charge in [0.05, 0.1) is 5.56 Å². The molecule has 4 N–H and O–H groups in total. The molecule has 0 fully saturated rings. The van der Waals surface area contributed by atoms with Crippen LogP contribution in [0.2, 0.25) is 0 Å². The van der Waals surface area contributed by atoms with E-state index >= 15 is 0 Å². The summed E-state index contributed by atoms with van der Waals surface area (Å²) in [6.45, 7) is -0.108. The molecule has 4 aromatic carbocycles. The van der Waals surface area contributed by atoms with Crippen LogP contribution in [0.15, 0.2) is 66.7 Å². The lowest BCUT2D eigenvalue weighted by Crippen LogP contribution is -2.36. The van der Waals surface area contributed by atoms with Crippen molar-refractivity contribution in [1.82, 2.24) is 5.32 Å². The van der Waals surface area contributed by atoms with Crippen LogP contribution in [0.5, 0.6) is 0 Å². The molecule has 0 heterocycles. The van der Waals surface area contributed by atoms with Crippen LogP contribution in [-0.4, -0.2) is 11.7 Å². The number of amides is 1. The summed E-state index contributed by atoms with van der Waals surface area (Å²) >= 11 is 0. The van der Waals surface area contributed by atoms with Crippen molar-refractivity contribution >= 4 is 11.7 Å². The van der Waals surface area contributed by atoms with Crippen molar-refractivity contribution in [2.45, 2.75) is 18.4 Å². The third-order valence-electron chi connectivity index (χ3n) is 7.18. The number of benzene rings is 4. The van der Waals surface area contributed by atoms with Crippen LogP contribution < -0.4 is 11.1 Å². The summed E-state index contributed by atoms with van der Waals surface area (Å²) in [5.74, 6) is -3.99. The van der Waals surface area contributed by atoms with Gasteiger partial charge in [0.15, 0.2) is 0 Å². The number of nitrogen functional groups attached to an aromatic ring is 1. The van der Waals surface area contributed by atoms with E-state index in [9.17, 15) is 22.4 Å². The Morgan fingerprint density at radius 1 is 0.784 bits per heavy atom. The number of fused-ring (bicyclic) bond motifs is 7. The van der Waals surface area contributed by atoms with E-state index in [0.717, 1.165) is 40.5 Å². The Bertz CT molecular complexity index is 1630. The number of nitrogens with one attached hydrogen (secondary N) is 2. The van der Waals surface area contributed by atoms with E-state index in [2.05, 4.69) is 5.32 Å². The average molecular weight is 501 g/mol. The second-order valence-corrected chi connectivity index (χ2v) is 9.30. The number of rotatable bonds is 5. The Balaban J connectivity index is 1.21. The number of carbonyl (C=O) groups excluding carboxylic acids is 1. The first-order chi connectivity index (χ1) is 17.7. The summed E-state index contributed by atoms with van der Waals surface area (Å²) in [7, 11) is 0. The maximum Gasteiger partial charge on any atom is 0.251 e. The normalized spacial score (nSPS) is 16.5. The molecule has 1 unspecified atom stereocenters. The number of hydrogen-bond donors (Lipinski definition) is 3. The van der Waals surface area contributed by atoms with Crippen molar-refractivity contribution in [3.05, 3.63) is 129 Å². The third-order valence-corrected chi connectivity index (χ3v) is 7.18. The topological polar surface area (TPSA) is 79.0 Å². The molecule has 37 heavy (non-hydrogen) atoms. The van der Waals surface area contributed by atoms with Gasteiger partial charge in [-0.05, 0) is 69.8 Å². The molecule has 4 nitrogen and oxygen atoms in total. The summed E-state index contributed by atoms with van der Waals surface area (Å²) in [5.41, 5.74) is 10.5. The fraction of sp³-hybridized carbons (Fsp3) is 0.103. The third kappa shape index (κ3) is 3.59. The second-order valence-electron chi connectivity index (χ2n) is 9.30. The Labute approximate surface area is 209 Å². The molecule has 1 amide bonds. The molecular weight excluding hydrogens is 482 g/mol. The largest absolute Gasteiger partial charge is 0.384 e. The number of nitrogens with two attached hydrogens (primary N) is 1. The summed E-state index contributed by atoms with van der Waals surface area (Å²) < 4.78 is 55.8. The summed E-state index contributed by atoms with van der Waals surface area (Å²) in [6, 6.07) is 16.7. The van der Waals surface area contributed by atoms with Gasteiger partial charge in [-0.25, -0.2) is 17.6 Å². The standard InChI is InChI=1S/C29H19F4N3O/c30-16-3-6-17(22(31)11-16)14-1-4-18-20(9-14)26-21-10-15(2-5-19(21)25(18)26)29(37)36-12-13-7-23(32)27(28(34)35)24(33)8-13/h1-11,25-26H,12H2,(H3,34,35)(H,36,37)/t25-,26?/m0/s1. The maximum atomic E-state index is 14.3. The molecule has 2 aliphatic rings. The molecule has 184 valence electrons. The molecular formula is C29H19F4N3O. The molecule has 0 spiro atoms. The van der Waals surface area contributed by atoms with E-state index in [0.29, 0.717) is 16.7 Å². The molecule has 0 radical (unpaired) electrons. The molecule has 0 aromatic heterocycles.